The number of hydrogen-bond acceptors (Lipinski definition) is 4. The van der Waals surface area contributed by atoms with Crippen LogP contribution in [0, 0.1) is 0 Å². The van der Waals surface area contributed by atoms with E-state index >= 15 is 0 Å². The Bertz CT molecular complexity index is 602. The maximum atomic E-state index is 12.5. The second-order valence-corrected chi connectivity index (χ2v) is 4.86. The number of ether oxygens (including phenoxy) is 1. The zero-order valence-corrected chi connectivity index (χ0v) is 12.5. The van der Waals surface area contributed by atoms with E-state index in [0.717, 1.165) is 5.56 Å². The fourth-order valence-corrected chi connectivity index (χ4v) is 2.27. The van der Waals surface area contributed by atoms with E-state index in [1.165, 1.54) is 7.11 Å². The molecule has 2 N–H and O–H groups in total. The fourth-order valence-electron chi connectivity index (χ4n) is 2.27. The Labute approximate surface area is 130 Å². The molecular formula is C17H20N2O3. The highest BCUT2D eigenvalue weighted by Crippen LogP contribution is 2.20. The van der Waals surface area contributed by atoms with Crippen LogP contribution in [0.5, 0.6) is 5.88 Å². The van der Waals surface area contributed by atoms with Gasteiger partial charge in [-0.05, 0) is 30.5 Å². The molecule has 2 aromatic rings. The summed E-state index contributed by atoms with van der Waals surface area (Å²) in [6, 6.07) is 12.9. The van der Waals surface area contributed by atoms with Crippen LogP contribution in [-0.2, 0) is 0 Å². The third-order valence-electron chi connectivity index (χ3n) is 3.37. The Morgan fingerprint density at radius 2 is 2.05 bits per heavy atom. The van der Waals surface area contributed by atoms with Gasteiger partial charge in [-0.2, -0.15) is 0 Å². The molecule has 0 aliphatic carbocycles. The third-order valence-corrected chi connectivity index (χ3v) is 3.37. The highest BCUT2D eigenvalue weighted by molar-refractivity contribution is 5.96. The first-order valence-corrected chi connectivity index (χ1v) is 7.22. The minimum absolute atomic E-state index is 0.0927. The molecule has 1 aromatic heterocycles. The Kier molecular flexibility index (Phi) is 5.91. The number of aliphatic hydroxyl groups excluding tert-OH is 1. The monoisotopic (exact) mass is 300 g/mol. The highest BCUT2D eigenvalue weighted by Gasteiger charge is 2.18. The number of carbonyl (C=O) groups excluding carboxylic acids is 1. The van der Waals surface area contributed by atoms with E-state index in [0.29, 0.717) is 24.3 Å². The molecule has 5 nitrogen and oxygen atoms in total. The number of benzene rings is 1. The molecule has 0 radical (unpaired) electrons. The summed E-state index contributed by atoms with van der Waals surface area (Å²) < 4.78 is 5.12. The zero-order chi connectivity index (χ0) is 15.8. The Balaban J connectivity index is 2.17. The number of amides is 1. The van der Waals surface area contributed by atoms with Gasteiger partial charge in [0.25, 0.3) is 5.91 Å². The predicted octanol–water partition coefficient (Wildman–Crippen LogP) is 2.33. The lowest BCUT2D eigenvalue weighted by molar-refractivity contribution is 0.0928. The van der Waals surface area contributed by atoms with Gasteiger partial charge in [0.2, 0.25) is 5.88 Å². The average molecular weight is 300 g/mol. The summed E-state index contributed by atoms with van der Waals surface area (Å²) in [6.07, 6.45) is 2.86. The number of methoxy groups -OCH3 is 1. The number of hydrogen-bond donors (Lipinski definition) is 2. The second kappa shape index (κ2) is 8.14. The fraction of sp³-hybridized carbons (Fsp3) is 0.294. The van der Waals surface area contributed by atoms with Crippen LogP contribution in [0.25, 0.3) is 0 Å². The summed E-state index contributed by atoms with van der Waals surface area (Å²) in [5, 5.41) is 12.0. The molecule has 0 aliphatic heterocycles. The molecule has 1 amide bonds. The van der Waals surface area contributed by atoms with E-state index in [2.05, 4.69) is 10.3 Å². The first-order valence-electron chi connectivity index (χ1n) is 7.22. The van der Waals surface area contributed by atoms with Crippen molar-refractivity contribution >= 4 is 5.91 Å². The van der Waals surface area contributed by atoms with Gasteiger partial charge >= 0.3 is 0 Å². The van der Waals surface area contributed by atoms with Gasteiger partial charge < -0.3 is 15.2 Å². The van der Waals surface area contributed by atoms with Gasteiger partial charge in [-0.3, -0.25) is 4.79 Å². The van der Waals surface area contributed by atoms with E-state index in [9.17, 15) is 4.79 Å². The summed E-state index contributed by atoms with van der Waals surface area (Å²) in [4.78, 5) is 16.5. The van der Waals surface area contributed by atoms with Crippen LogP contribution in [-0.4, -0.2) is 29.7 Å². The van der Waals surface area contributed by atoms with Crippen molar-refractivity contribution in [3.8, 4) is 5.88 Å². The Hall–Kier alpha value is -2.40. The van der Waals surface area contributed by atoms with E-state index in [1.807, 2.05) is 30.3 Å². The molecule has 1 atom stereocenters. The normalized spacial score (nSPS) is 11.7. The van der Waals surface area contributed by atoms with Crippen molar-refractivity contribution in [2.75, 3.05) is 13.7 Å². The minimum atomic E-state index is -0.239. The predicted molar refractivity (Wildman–Crippen MR) is 83.8 cm³/mol. The van der Waals surface area contributed by atoms with Crippen molar-refractivity contribution in [1.82, 2.24) is 10.3 Å². The summed E-state index contributed by atoms with van der Waals surface area (Å²) >= 11 is 0. The van der Waals surface area contributed by atoms with Crippen molar-refractivity contribution in [3.05, 3.63) is 59.8 Å². The van der Waals surface area contributed by atoms with Crippen molar-refractivity contribution in [1.29, 1.82) is 0 Å². The molecule has 1 unspecified atom stereocenters. The molecule has 0 spiro atoms. The first-order chi connectivity index (χ1) is 10.8. The molecule has 0 bridgehead atoms. The van der Waals surface area contributed by atoms with E-state index in [4.69, 9.17) is 9.84 Å². The van der Waals surface area contributed by atoms with Gasteiger partial charge in [0.1, 0.15) is 5.56 Å². The first kappa shape index (κ1) is 16.0. The van der Waals surface area contributed by atoms with Gasteiger partial charge in [-0.15, -0.1) is 0 Å². The average Bonchev–Trinajstić information content (AvgIpc) is 2.59. The lowest BCUT2D eigenvalue weighted by Gasteiger charge is -2.19. The van der Waals surface area contributed by atoms with Crippen LogP contribution in [0.15, 0.2) is 48.7 Å². The second-order valence-electron chi connectivity index (χ2n) is 4.86. The maximum Gasteiger partial charge on any atom is 0.257 e. The SMILES string of the molecule is COc1ncccc1C(=O)NC(CCCO)c1ccccc1. The molecule has 0 aliphatic rings. The quantitative estimate of drug-likeness (QED) is 0.823. The lowest BCUT2D eigenvalue weighted by atomic mass is 10.0. The molecule has 5 heteroatoms. The van der Waals surface area contributed by atoms with E-state index in [-0.39, 0.29) is 18.6 Å². The molecule has 1 aromatic carbocycles. The number of aromatic nitrogens is 1. The number of nitrogens with zero attached hydrogens (tertiary/aromatic N) is 1. The Morgan fingerprint density at radius 1 is 1.27 bits per heavy atom. The molecule has 2 rings (SSSR count). The van der Waals surface area contributed by atoms with E-state index in [1.54, 1.807) is 18.3 Å². The number of pyridine rings is 1. The van der Waals surface area contributed by atoms with E-state index < -0.39 is 0 Å². The van der Waals surface area contributed by atoms with Crippen LogP contribution in [0.1, 0.15) is 34.8 Å². The minimum Gasteiger partial charge on any atom is -0.480 e. The third kappa shape index (κ3) is 4.05. The summed E-state index contributed by atoms with van der Waals surface area (Å²) in [5.74, 6) is 0.0608. The van der Waals surface area contributed by atoms with Crippen LogP contribution >= 0.6 is 0 Å². The number of rotatable bonds is 7. The van der Waals surface area contributed by atoms with Crippen LogP contribution in [0.2, 0.25) is 0 Å². The summed E-state index contributed by atoms with van der Waals surface area (Å²) in [5.41, 5.74) is 1.40. The number of carbonyl (C=O) groups is 1. The van der Waals surface area contributed by atoms with Gasteiger partial charge in [0.15, 0.2) is 0 Å². The summed E-state index contributed by atoms with van der Waals surface area (Å²) in [6.45, 7) is 0.0927. The van der Waals surface area contributed by atoms with Crippen molar-refractivity contribution in [2.24, 2.45) is 0 Å². The molecule has 22 heavy (non-hydrogen) atoms. The topological polar surface area (TPSA) is 71.5 Å². The van der Waals surface area contributed by atoms with Crippen molar-refractivity contribution in [2.45, 2.75) is 18.9 Å². The standard InChI is InChI=1S/C17H20N2O3/c1-22-17-14(9-5-11-18-17)16(21)19-15(10-6-12-20)13-7-3-2-4-8-13/h2-5,7-9,11,15,20H,6,10,12H2,1H3,(H,19,21). The molecule has 0 saturated heterocycles. The van der Waals surface area contributed by atoms with Gasteiger partial charge in [0, 0.05) is 12.8 Å². The van der Waals surface area contributed by atoms with Crippen molar-refractivity contribution < 1.29 is 14.6 Å². The molecule has 116 valence electrons. The number of aliphatic hydroxyl groups is 1. The van der Waals surface area contributed by atoms with Gasteiger partial charge in [-0.25, -0.2) is 4.98 Å². The maximum absolute atomic E-state index is 12.5. The molecule has 1 heterocycles. The Morgan fingerprint density at radius 3 is 2.73 bits per heavy atom. The number of nitrogens with one attached hydrogen (secondary N) is 1. The van der Waals surface area contributed by atoms with Crippen molar-refractivity contribution in [3.63, 3.8) is 0 Å². The van der Waals surface area contributed by atoms with Crippen LogP contribution < -0.4 is 10.1 Å². The summed E-state index contributed by atoms with van der Waals surface area (Å²) in [7, 11) is 1.49. The molecule has 0 saturated carbocycles. The molecular weight excluding hydrogens is 280 g/mol. The van der Waals surface area contributed by atoms with Crippen LogP contribution in [0.4, 0.5) is 0 Å². The molecule has 0 fully saturated rings. The van der Waals surface area contributed by atoms with Gasteiger partial charge in [-0.1, -0.05) is 30.3 Å². The highest BCUT2D eigenvalue weighted by atomic mass is 16.5. The van der Waals surface area contributed by atoms with Crippen LogP contribution in [0.3, 0.4) is 0 Å². The smallest absolute Gasteiger partial charge is 0.257 e. The largest absolute Gasteiger partial charge is 0.480 e. The zero-order valence-electron chi connectivity index (χ0n) is 12.5. The lowest BCUT2D eigenvalue weighted by Crippen LogP contribution is -2.29. The van der Waals surface area contributed by atoms with Gasteiger partial charge in [0.05, 0.1) is 13.2 Å².